The summed E-state index contributed by atoms with van der Waals surface area (Å²) in [6, 6.07) is 8.15. The van der Waals surface area contributed by atoms with E-state index in [1.54, 1.807) is 0 Å². The molecule has 1 saturated heterocycles. The van der Waals surface area contributed by atoms with E-state index in [1.807, 2.05) is 0 Å². The maximum absolute atomic E-state index is 11.7. The van der Waals surface area contributed by atoms with Gasteiger partial charge in [0.1, 0.15) is 6.04 Å². The summed E-state index contributed by atoms with van der Waals surface area (Å²) in [5, 5.41) is 9.59. The largest absolute Gasteiger partial charge is 0.480 e. The summed E-state index contributed by atoms with van der Waals surface area (Å²) in [6.45, 7) is 3.90. The van der Waals surface area contributed by atoms with Gasteiger partial charge in [-0.15, -0.1) is 0 Å². The number of hydrogen-bond acceptors (Lipinski definition) is 2. The van der Waals surface area contributed by atoms with Gasteiger partial charge in [-0.3, -0.25) is 9.69 Å². The normalized spacial score (nSPS) is 29.6. The molecular weight excluding hydrogens is 250 g/mol. The Morgan fingerprint density at radius 3 is 2.75 bits per heavy atom. The molecule has 3 unspecified atom stereocenters. The number of aliphatic carboxylic acids is 1. The first-order chi connectivity index (χ1) is 9.70. The Kier molecular flexibility index (Phi) is 3.79. The lowest BCUT2D eigenvalue weighted by Gasteiger charge is -2.25. The van der Waals surface area contributed by atoms with Gasteiger partial charge in [0.25, 0.3) is 0 Å². The van der Waals surface area contributed by atoms with Crippen LogP contribution in [0.5, 0.6) is 0 Å². The highest BCUT2D eigenvalue weighted by atomic mass is 16.4. The van der Waals surface area contributed by atoms with Crippen LogP contribution >= 0.6 is 0 Å². The predicted octanol–water partition coefficient (Wildman–Crippen LogP) is 2.93. The highest BCUT2D eigenvalue weighted by molar-refractivity contribution is 5.74. The summed E-state index contributed by atoms with van der Waals surface area (Å²) in [5.41, 5.74) is 2.63. The minimum absolute atomic E-state index is 0.271. The summed E-state index contributed by atoms with van der Waals surface area (Å²) < 4.78 is 0. The maximum Gasteiger partial charge on any atom is 0.321 e. The van der Waals surface area contributed by atoms with Crippen molar-refractivity contribution in [2.24, 2.45) is 11.8 Å². The molecule has 20 heavy (non-hydrogen) atoms. The summed E-state index contributed by atoms with van der Waals surface area (Å²) in [4.78, 5) is 13.9. The number of fused-ring (bicyclic) bond motifs is 1. The van der Waals surface area contributed by atoms with E-state index in [0.29, 0.717) is 11.8 Å². The van der Waals surface area contributed by atoms with Crippen molar-refractivity contribution in [3.05, 3.63) is 35.4 Å². The second kappa shape index (κ2) is 5.57. The molecule has 1 saturated carbocycles. The molecule has 2 fully saturated rings. The van der Waals surface area contributed by atoms with Crippen LogP contribution in [-0.2, 0) is 17.8 Å². The van der Waals surface area contributed by atoms with Crippen LogP contribution in [0.1, 0.15) is 37.3 Å². The number of aryl methyl sites for hydroxylation is 1. The molecular formula is C17H23NO2. The van der Waals surface area contributed by atoms with Gasteiger partial charge in [-0.2, -0.15) is 0 Å². The van der Waals surface area contributed by atoms with Crippen molar-refractivity contribution >= 4 is 5.97 Å². The van der Waals surface area contributed by atoms with Crippen LogP contribution in [-0.4, -0.2) is 28.6 Å². The molecule has 0 bridgehead atoms. The van der Waals surface area contributed by atoms with Crippen molar-refractivity contribution in [3.8, 4) is 0 Å². The number of carboxylic acids is 1. The predicted molar refractivity (Wildman–Crippen MR) is 78.5 cm³/mol. The van der Waals surface area contributed by atoms with Crippen molar-refractivity contribution in [1.82, 2.24) is 4.90 Å². The van der Waals surface area contributed by atoms with Crippen molar-refractivity contribution in [1.29, 1.82) is 0 Å². The first-order valence-electron chi connectivity index (χ1n) is 7.74. The van der Waals surface area contributed by atoms with Crippen LogP contribution in [0.4, 0.5) is 0 Å². The number of hydrogen-bond donors (Lipinski definition) is 1. The Labute approximate surface area is 120 Å². The molecule has 1 N–H and O–H groups in total. The van der Waals surface area contributed by atoms with Crippen LogP contribution in [0.15, 0.2) is 24.3 Å². The number of benzene rings is 1. The zero-order valence-corrected chi connectivity index (χ0v) is 12.1. The molecule has 1 aliphatic carbocycles. The molecule has 0 spiro atoms. The second-order valence-electron chi connectivity index (χ2n) is 6.19. The quantitative estimate of drug-likeness (QED) is 0.917. The van der Waals surface area contributed by atoms with Gasteiger partial charge >= 0.3 is 5.97 Å². The lowest BCUT2D eigenvalue weighted by Crippen LogP contribution is -2.39. The average Bonchev–Trinajstić information content (AvgIpc) is 2.99. The Hall–Kier alpha value is -1.35. The summed E-state index contributed by atoms with van der Waals surface area (Å²) in [6.07, 6.45) is 4.51. The molecule has 1 aromatic rings. The van der Waals surface area contributed by atoms with E-state index in [-0.39, 0.29) is 6.04 Å². The fourth-order valence-corrected chi connectivity index (χ4v) is 4.17. The third kappa shape index (κ3) is 2.35. The molecule has 0 aromatic heterocycles. The molecule has 108 valence electrons. The van der Waals surface area contributed by atoms with Crippen LogP contribution in [0.2, 0.25) is 0 Å². The summed E-state index contributed by atoms with van der Waals surface area (Å²) >= 11 is 0. The molecule has 3 atom stereocenters. The van der Waals surface area contributed by atoms with Gasteiger partial charge in [0.2, 0.25) is 0 Å². The Bertz CT molecular complexity index is 500. The molecule has 3 nitrogen and oxygen atoms in total. The maximum atomic E-state index is 11.7. The number of likely N-dealkylation sites (tertiary alicyclic amines) is 1. The van der Waals surface area contributed by atoms with Crippen molar-refractivity contribution < 1.29 is 9.90 Å². The van der Waals surface area contributed by atoms with Crippen molar-refractivity contribution in [2.45, 2.75) is 45.2 Å². The standard InChI is InChI=1S/C17H23NO2/c1-2-12-6-3-4-7-13(12)10-18-11-14-8-5-9-15(14)16(18)17(19)20/h3-4,6-7,14-16H,2,5,8-11H2,1H3,(H,19,20). The number of nitrogens with zero attached hydrogens (tertiary/aromatic N) is 1. The van der Waals surface area contributed by atoms with Crippen molar-refractivity contribution in [2.75, 3.05) is 6.54 Å². The van der Waals surface area contributed by atoms with E-state index in [0.717, 1.165) is 25.9 Å². The number of carboxylic acid groups (broad SMARTS) is 1. The second-order valence-corrected chi connectivity index (χ2v) is 6.19. The Morgan fingerprint density at radius 1 is 1.30 bits per heavy atom. The third-order valence-corrected chi connectivity index (χ3v) is 5.11. The highest BCUT2D eigenvalue weighted by Crippen LogP contribution is 2.42. The molecule has 1 aliphatic heterocycles. The minimum atomic E-state index is -0.631. The van der Waals surface area contributed by atoms with E-state index in [2.05, 4.69) is 36.1 Å². The SMILES string of the molecule is CCc1ccccc1CN1CC2CCCC2C1C(=O)O. The van der Waals surface area contributed by atoms with Crippen LogP contribution in [0.25, 0.3) is 0 Å². The third-order valence-electron chi connectivity index (χ3n) is 5.11. The lowest BCUT2D eigenvalue weighted by atomic mass is 9.94. The Balaban J connectivity index is 1.81. The van der Waals surface area contributed by atoms with Gasteiger partial charge in [0.15, 0.2) is 0 Å². The number of carbonyl (C=O) groups is 1. The van der Waals surface area contributed by atoms with E-state index in [9.17, 15) is 9.90 Å². The zero-order chi connectivity index (χ0) is 14.1. The minimum Gasteiger partial charge on any atom is -0.480 e. The smallest absolute Gasteiger partial charge is 0.321 e. The van der Waals surface area contributed by atoms with Crippen LogP contribution < -0.4 is 0 Å². The zero-order valence-electron chi connectivity index (χ0n) is 12.1. The molecule has 3 rings (SSSR count). The first-order valence-corrected chi connectivity index (χ1v) is 7.74. The molecule has 1 heterocycles. The highest BCUT2D eigenvalue weighted by Gasteiger charge is 2.47. The van der Waals surface area contributed by atoms with Gasteiger partial charge in [-0.1, -0.05) is 37.6 Å². The van der Waals surface area contributed by atoms with Gasteiger partial charge in [0.05, 0.1) is 0 Å². The molecule has 1 aromatic carbocycles. The molecule has 0 radical (unpaired) electrons. The molecule has 3 heteroatoms. The number of rotatable bonds is 4. The summed E-state index contributed by atoms with van der Waals surface area (Å²) in [5.74, 6) is 0.347. The topological polar surface area (TPSA) is 40.5 Å². The first kappa shape index (κ1) is 13.6. The van der Waals surface area contributed by atoms with Crippen LogP contribution in [0.3, 0.4) is 0 Å². The van der Waals surface area contributed by atoms with Gasteiger partial charge in [-0.25, -0.2) is 0 Å². The Morgan fingerprint density at radius 2 is 2.05 bits per heavy atom. The van der Waals surface area contributed by atoms with Gasteiger partial charge < -0.3 is 5.11 Å². The van der Waals surface area contributed by atoms with Gasteiger partial charge in [-0.05, 0) is 42.2 Å². The average molecular weight is 273 g/mol. The van der Waals surface area contributed by atoms with Crippen LogP contribution in [0, 0.1) is 11.8 Å². The fourth-order valence-electron chi connectivity index (χ4n) is 4.17. The molecule has 2 aliphatic rings. The lowest BCUT2D eigenvalue weighted by molar-refractivity contribution is -0.143. The van der Waals surface area contributed by atoms with E-state index in [4.69, 9.17) is 0 Å². The monoisotopic (exact) mass is 273 g/mol. The van der Waals surface area contributed by atoms with Crippen molar-refractivity contribution in [3.63, 3.8) is 0 Å². The fraction of sp³-hybridized carbons (Fsp3) is 0.588. The van der Waals surface area contributed by atoms with E-state index < -0.39 is 5.97 Å². The summed E-state index contributed by atoms with van der Waals surface area (Å²) in [7, 11) is 0. The van der Waals surface area contributed by atoms with E-state index >= 15 is 0 Å². The van der Waals surface area contributed by atoms with Gasteiger partial charge in [0, 0.05) is 13.1 Å². The molecule has 0 amide bonds. The van der Waals surface area contributed by atoms with E-state index in [1.165, 1.54) is 24.0 Å².